The monoisotopic (exact) mass is 237 g/mol. The van der Waals surface area contributed by atoms with E-state index in [-0.39, 0.29) is 0 Å². The summed E-state index contributed by atoms with van der Waals surface area (Å²) in [6, 6.07) is 9.19. The number of anilines is 1. The van der Waals surface area contributed by atoms with Crippen LogP contribution in [0.4, 0.5) is 5.82 Å². The molecule has 1 heterocycles. The third-order valence-electron chi connectivity index (χ3n) is 1.69. The Morgan fingerprint density at radius 3 is 2.73 bits per heavy atom. The van der Waals surface area contributed by atoms with Crippen molar-refractivity contribution in [1.82, 2.24) is 9.97 Å². The van der Waals surface area contributed by atoms with E-state index in [1.165, 1.54) is 11.8 Å². The minimum absolute atomic E-state index is 0.458. The molecule has 0 amide bonds. The molecule has 0 fully saturated rings. The highest BCUT2D eigenvalue weighted by atomic mass is 35.5. The third-order valence-corrected chi connectivity index (χ3v) is 3.09. The molecule has 0 radical (unpaired) electrons. The van der Waals surface area contributed by atoms with Gasteiger partial charge in [0.25, 0.3) is 0 Å². The first kappa shape index (κ1) is 10.3. The number of hydrogen-bond acceptors (Lipinski definition) is 4. The summed E-state index contributed by atoms with van der Waals surface area (Å²) in [5.41, 5.74) is 5.55. The van der Waals surface area contributed by atoms with E-state index >= 15 is 0 Å². The molecule has 0 aliphatic rings. The van der Waals surface area contributed by atoms with E-state index < -0.39 is 0 Å². The summed E-state index contributed by atoms with van der Waals surface area (Å²) in [6.07, 6.45) is 1.63. The molecule has 5 heteroatoms. The molecular formula is C10H8ClN3S. The molecule has 0 saturated carbocycles. The Morgan fingerprint density at radius 1 is 1.20 bits per heavy atom. The maximum atomic E-state index is 6.01. The van der Waals surface area contributed by atoms with Crippen LogP contribution in [0.1, 0.15) is 0 Å². The highest BCUT2D eigenvalue weighted by Crippen LogP contribution is 2.30. The maximum absolute atomic E-state index is 6.01. The molecule has 2 rings (SSSR count). The van der Waals surface area contributed by atoms with Crippen LogP contribution in [0.25, 0.3) is 0 Å². The number of nitrogens with two attached hydrogens (primary N) is 1. The lowest BCUT2D eigenvalue weighted by Crippen LogP contribution is -1.92. The summed E-state index contributed by atoms with van der Waals surface area (Å²) in [7, 11) is 0. The van der Waals surface area contributed by atoms with Gasteiger partial charge in [0, 0.05) is 11.1 Å². The van der Waals surface area contributed by atoms with Crippen LogP contribution in [0.15, 0.2) is 46.6 Å². The summed E-state index contributed by atoms with van der Waals surface area (Å²) in [6.45, 7) is 0. The molecule has 0 bridgehead atoms. The van der Waals surface area contributed by atoms with Gasteiger partial charge in [-0.3, -0.25) is 0 Å². The van der Waals surface area contributed by atoms with Gasteiger partial charge in [0.1, 0.15) is 5.82 Å². The van der Waals surface area contributed by atoms with E-state index in [9.17, 15) is 0 Å². The summed E-state index contributed by atoms with van der Waals surface area (Å²) in [5, 5.41) is 1.29. The molecule has 0 unspecified atom stereocenters. The molecule has 2 N–H and O–H groups in total. The molecule has 76 valence electrons. The molecule has 0 atom stereocenters. The van der Waals surface area contributed by atoms with Crippen LogP contribution >= 0.6 is 23.4 Å². The normalized spacial score (nSPS) is 10.2. The zero-order valence-electron chi connectivity index (χ0n) is 7.72. The second-order valence-electron chi connectivity index (χ2n) is 2.80. The van der Waals surface area contributed by atoms with Crippen molar-refractivity contribution in [1.29, 1.82) is 0 Å². The third kappa shape index (κ3) is 2.61. The van der Waals surface area contributed by atoms with E-state index in [4.69, 9.17) is 17.3 Å². The molecule has 0 aliphatic carbocycles. The summed E-state index contributed by atoms with van der Waals surface area (Å²) >= 11 is 7.40. The molecule has 3 nitrogen and oxygen atoms in total. The van der Waals surface area contributed by atoms with Crippen molar-refractivity contribution in [3.63, 3.8) is 0 Å². The molecule has 0 aliphatic heterocycles. The zero-order valence-corrected chi connectivity index (χ0v) is 9.29. The Labute approximate surface area is 96.7 Å². The largest absolute Gasteiger partial charge is 0.384 e. The molecule has 1 aromatic heterocycles. The van der Waals surface area contributed by atoms with Crippen molar-refractivity contribution in [3.05, 3.63) is 41.6 Å². The quantitative estimate of drug-likeness (QED) is 0.816. The Balaban J connectivity index is 2.26. The predicted molar refractivity (Wildman–Crippen MR) is 62.0 cm³/mol. The summed E-state index contributed by atoms with van der Waals surface area (Å²) in [5.74, 6) is 0.458. The second-order valence-corrected chi connectivity index (χ2v) is 4.21. The van der Waals surface area contributed by atoms with Crippen molar-refractivity contribution in [2.45, 2.75) is 10.1 Å². The maximum Gasteiger partial charge on any atom is 0.194 e. The first-order valence-electron chi connectivity index (χ1n) is 4.26. The molecule has 15 heavy (non-hydrogen) atoms. The van der Waals surface area contributed by atoms with Gasteiger partial charge in [0.05, 0.1) is 5.02 Å². The topological polar surface area (TPSA) is 51.8 Å². The molecular weight excluding hydrogens is 230 g/mol. The Kier molecular flexibility index (Phi) is 3.08. The van der Waals surface area contributed by atoms with Gasteiger partial charge in [-0.2, -0.15) is 0 Å². The van der Waals surface area contributed by atoms with E-state index in [1.54, 1.807) is 12.3 Å². The number of aromatic nitrogens is 2. The highest BCUT2D eigenvalue weighted by Gasteiger charge is 2.03. The van der Waals surface area contributed by atoms with E-state index in [0.29, 0.717) is 16.0 Å². The van der Waals surface area contributed by atoms with Gasteiger partial charge in [0.15, 0.2) is 5.16 Å². The number of benzene rings is 1. The number of rotatable bonds is 2. The predicted octanol–water partition coefficient (Wildman–Crippen LogP) is 2.86. The van der Waals surface area contributed by atoms with E-state index in [2.05, 4.69) is 9.97 Å². The first-order chi connectivity index (χ1) is 7.25. The van der Waals surface area contributed by atoms with Crippen LogP contribution in [0, 0.1) is 0 Å². The van der Waals surface area contributed by atoms with Crippen LogP contribution in [-0.4, -0.2) is 9.97 Å². The van der Waals surface area contributed by atoms with Gasteiger partial charge >= 0.3 is 0 Å². The van der Waals surface area contributed by atoms with Gasteiger partial charge in [-0.1, -0.05) is 23.7 Å². The van der Waals surface area contributed by atoms with Crippen molar-refractivity contribution in [2.24, 2.45) is 0 Å². The highest BCUT2D eigenvalue weighted by molar-refractivity contribution is 7.99. The van der Waals surface area contributed by atoms with Crippen LogP contribution in [0.3, 0.4) is 0 Å². The minimum Gasteiger partial charge on any atom is -0.384 e. The van der Waals surface area contributed by atoms with Gasteiger partial charge in [-0.15, -0.1) is 0 Å². The van der Waals surface area contributed by atoms with Crippen molar-refractivity contribution in [2.75, 3.05) is 5.73 Å². The average molecular weight is 238 g/mol. The van der Waals surface area contributed by atoms with Crippen molar-refractivity contribution >= 4 is 29.2 Å². The van der Waals surface area contributed by atoms with Crippen molar-refractivity contribution < 1.29 is 0 Å². The fraction of sp³-hybridized carbons (Fsp3) is 0. The molecule has 0 spiro atoms. The second kappa shape index (κ2) is 4.51. The smallest absolute Gasteiger partial charge is 0.194 e. The lowest BCUT2D eigenvalue weighted by Gasteiger charge is -2.02. The lowest BCUT2D eigenvalue weighted by molar-refractivity contribution is 0.976. The van der Waals surface area contributed by atoms with Gasteiger partial charge < -0.3 is 5.73 Å². The SMILES string of the molecule is Nc1ccnc(Sc2ccccc2Cl)n1. The minimum atomic E-state index is 0.458. The molecule has 0 saturated heterocycles. The Morgan fingerprint density at radius 2 is 2.00 bits per heavy atom. The van der Waals surface area contributed by atoms with Crippen LogP contribution < -0.4 is 5.73 Å². The fourth-order valence-corrected chi connectivity index (χ4v) is 2.05. The van der Waals surface area contributed by atoms with Gasteiger partial charge in [-0.05, 0) is 30.0 Å². The van der Waals surface area contributed by atoms with E-state index in [1.807, 2.05) is 24.3 Å². The number of hydrogen-bond donors (Lipinski definition) is 1. The Hall–Kier alpha value is -1.26. The van der Waals surface area contributed by atoms with Crippen LogP contribution in [0.2, 0.25) is 5.02 Å². The summed E-state index contributed by atoms with van der Waals surface area (Å²) < 4.78 is 0. The first-order valence-corrected chi connectivity index (χ1v) is 5.46. The summed E-state index contributed by atoms with van der Waals surface area (Å²) in [4.78, 5) is 9.09. The number of halogens is 1. The van der Waals surface area contributed by atoms with Crippen molar-refractivity contribution in [3.8, 4) is 0 Å². The number of nitrogens with zero attached hydrogens (tertiary/aromatic N) is 2. The van der Waals surface area contributed by atoms with E-state index in [0.717, 1.165) is 4.90 Å². The lowest BCUT2D eigenvalue weighted by atomic mass is 10.4. The number of nitrogen functional groups attached to an aromatic ring is 1. The molecule has 2 aromatic rings. The average Bonchev–Trinajstić information content (AvgIpc) is 2.22. The molecule has 1 aromatic carbocycles. The van der Waals surface area contributed by atoms with Crippen LogP contribution in [0.5, 0.6) is 0 Å². The zero-order chi connectivity index (χ0) is 10.7. The standard InChI is InChI=1S/C10H8ClN3S/c11-7-3-1-2-4-8(7)15-10-13-6-5-9(12)14-10/h1-6H,(H2,12,13,14). The van der Waals surface area contributed by atoms with Crippen LogP contribution in [-0.2, 0) is 0 Å². The van der Waals surface area contributed by atoms with Gasteiger partial charge in [0.2, 0.25) is 0 Å². The van der Waals surface area contributed by atoms with Gasteiger partial charge in [-0.25, -0.2) is 9.97 Å². The fourth-order valence-electron chi connectivity index (χ4n) is 1.03. The Bertz CT molecular complexity index is 476.